The topological polar surface area (TPSA) is 80.5 Å². The minimum atomic E-state index is -0.142. The quantitative estimate of drug-likeness (QED) is 0.467. The van der Waals surface area contributed by atoms with E-state index in [9.17, 15) is 4.79 Å². The zero-order valence-corrected chi connectivity index (χ0v) is 11.1. The molecule has 1 unspecified atom stereocenters. The molecule has 3 N–H and O–H groups in total. The number of anilines is 1. The molecule has 1 aromatic heterocycles. The van der Waals surface area contributed by atoms with Crippen molar-refractivity contribution in [3.8, 4) is 0 Å². The molecule has 19 heavy (non-hydrogen) atoms. The maximum atomic E-state index is 11.9. The molecule has 104 valence electrons. The Balaban J connectivity index is 2.02. The molecule has 0 bridgehead atoms. The monoisotopic (exact) mass is 264 g/mol. The van der Waals surface area contributed by atoms with Crippen molar-refractivity contribution < 1.29 is 9.53 Å². The summed E-state index contributed by atoms with van der Waals surface area (Å²) in [5, 5.41) is 0. The lowest BCUT2D eigenvalue weighted by Gasteiger charge is -2.22. The van der Waals surface area contributed by atoms with Crippen molar-refractivity contribution in [2.75, 3.05) is 18.6 Å². The molecule has 0 amide bonds. The molecule has 1 aromatic rings. The molecule has 1 aliphatic heterocycles. The Morgan fingerprint density at radius 2 is 2.47 bits per heavy atom. The van der Waals surface area contributed by atoms with Crippen LogP contribution >= 0.6 is 0 Å². The van der Waals surface area contributed by atoms with Crippen molar-refractivity contribution in [3.05, 3.63) is 23.9 Å². The van der Waals surface area contributed by atoms with E-state index in [1.165, 1.54) is 0 Å². The normalized spacial score (nSPS) is 19.4. The highest BCUT2D eigenvalue weighted by atomic mass is 16.5. The van der Waals surface area contributed by atoms with E-state index >= 15 is 0 Å². The maximum Gasteiger partial charge on any atom is 0.323 e. The van der Waals surface area contributed by atoms with Gasteiger partial charge >= 0.3 is 5.97 Å². The van der Waals surface area contributed by atoms with E-state index in [0.717, 1.165) is 25.1 Å². The van der Waals surface area contributed by atoms with Gasteiger partial charge in [0.15, 0.2) is 0 Å². The van der Waals surface area contributed by atoms with Crippen LogP contribution in [0.15, 0.2) is 18.2 Å². The second-order valence-corrected chi connectivity index (χ2v) is 4.54. The first-order chi connectivity index (χ1) is 9.24. The van der Waals surface area contributed by atoms with Crippen LogP contribution in [-0.2, 0) is 16.1 Å². The molecule has 0 aromatic carbocycles. The largest absolute Gasteiger partial charge is 0.465 e. The van der Waals surface area contributed by atoms with E-state index in [1.54, 1.807) is 6.07 Å². The van der Waals surface area contributed by atoms with Crippen molar-refractivity contribution in [1.82, 2.24) is 9.88 Å². The van der Waals surface area contributed by atoms with E-state index in [2.05, 4.69) is 15.3 Å². The molecule has 1 saturated heterocycles. The highest BCUT2D eigenvalue weighted by molar-refractivity contribution is 5.76. The molecule has 6 nitrogen and oxygen atoms in total. The Morgan fingerprint density at radius 1 is 1.63 bits per heavy atom. The fraction of sp³-hybridized carbons (Fsp3) is 0.538. The van der Waals surface area contributed by atoms with E-state index in [0.29, 0.717) is 19.0 Å². The van der Waals surface area contributed by atoms with Gasteiger partial charge < -0.3 is 10.2 Å². The Labute approximate surface area is 112 Å². The molecule has 1 fully saturated rings. The third-order valence-electron chi connectivity index (χ3n) is 3.24. The van der Waals surface area contributed by atoms with Crippen LogP contribution in [0.2, 0.25) is 0 Å². The summed E-state index contributed by atoms with van der Waals surface area (Å²) in [7, 11) is 0. The van der Waals surface area contributed by atoms with Crippen LogP contribution in [0.3, 0.4) is 0 Å². The van der Waals surface area contributed by atoms with Crippen LogP contribution < -0.4 is 11.3 Å². The van der Waals surface area contributed by atoms with Crippen LogP contribution in [0.4, 0.5) is 5.82 Å². The minimum absolute atomic E-state index is 0.131. The van der Waals surface area contributed by atoms with Gasteiger partial charge in [0.2, 0.25) is 0 Å². The first-order valence-corrected chi connectivity index (χ1v) is 6.58. The second kappa shape index (κ2) is 6.49. The number of hydrogen-bond donors (Lipinski definition) is 2. The van der Waals surface area contributed by atoms with Gasteiger partial charge in [-0.2, -0.15) is 0 Å². The smallest absolute Gasteiger partial charge is 0.323 e. The van der Waals surface area contributed by atoms with Gasteiger partial charge in [-0.1, -0.05) is 6.07 Å². The van der Waals surface area contributed by atoms with Crippen LogP contribution in [0.25, 0.3) is 0 Å². The van der Waals surface area contributed by atoms with Gasteiger partial charge in [0, 0.05) is 6.54 Å². The fourth-order valence-electron chi connectivity index (χ4n) is 2.38. The number of ether oxygens (including phenoxy) is 1. The van der Waals surface area contributed by atoms with E-state index in [-0.39, 0.29) is 12.0 Å². The molecular weight excluding hydrogens is 244 g/mol. The number of aromatic nitrogens is 1. The highest BCUT2D eigenvalue weighted by Gasteiger charge is 2.31. The van der Waals surface area contributed by atoms with Crippen LogP contribution in [0.1, 0.15) is 25.5 Å². The van der Waals surface area contributed by atoms with Gasteiger partial charge in [-0.05, 0) is 38.4 Å². The number of likely N-dealkylation sites (tertiary alicyclic amines) is 1. The number of nitrogens with one attached hydrogen (secondary N) is 1. The number of nitrogens with two attached hydrogens (primary N) is 1. The molecule has 6 heteroatoms. The summed E-state index contributed by atoms with van der Waals surface area (Å²) >= 11 is 0. The van der Waals surface area contributed by atoms with Gasteiger partial charge in [0.1, 0.15) is 11.9 Å². The number of nitrogens with zero attached hydrogens (tertiary/aromatic N) is 2. The summed E-state index contributed by atoms with van der Waals surface area (Å²) < 4.78 is 5.11. The van der Waals surface area contributed by atoms with E-state index in [1.807, 2.05) is 19.1 Å². The Kier molecular flexibility index (Phi) is 4.70. The molecular formula is C13H20N4O2. The lowest BCUT2D eigenvalue weighted by Crippen LogP contribution is -2.37. The average Bonchev–Trinajstić information content (AvgIpc) is 2.87. The predicted octanol–water partition coefficient (Wildman–Crippen LogP) is 0.895. The first-order valence-electron chi connectivity index (χ1n) is 6.58. The van der Waals surface area contributed by atoms with Crippen molar-refractivity contribution in [2.45, 2.75) is 32.4 Å². The van der Waals surface area contributed by atoms with Crippen molar-refractivity contribution in [3.63, 3.8) is 0 Å². The summed E-state index contributed by atoms with van der Waals surface area (Å²) in [6.07, 6.45) is 1.87. The van der Waals surface area contributed by atoms with Gasteiger partial charge in [0.05, 0.1) is 12.3 Å². The minimum Gasteiger partial charge on any atom is -0.465 e. The third kappa shape index (κ3) is 3.42. The van der Waals surface area contributed by atoms with Crippen molar-refractivity contribution in [2.24, 2.45) is 5.84 Å². The summed E-state index contributed by atoms with van der Waals surface area (Å²) in [6, 6.07) is 5.49. The Bertz CT molecular complexity index is 438. The second-order valence-electron chi connectivity index (χ2n) is 4.54. The summed E-state index contributed by atoms with van der Waals surface area (Å²) in [4.78, 5) is 18.3. The molecule has 0 radical (unpaired) electrons. The Morgan fingerprint density at radius 3 is 3.21 bits per heavy atom. The Hall–Kier alpha value is -1.66. The zero-order chi connectivity index (χ0) is 13.7. The van der Waals surface area contributed by atoms with Gasteiger partial charge in [-0.15, -0.1) is 0 Å². The SMILES string of the molecule is CCOC(=O)C1CCCN1Cc1cccc(NN)n1. The summed E-state index contributed by atoms with van der Waals surface area (Å²) in [5.41, 5.74) is 3.42. The van der Waals surface area contributed by atoms with Gasteiger partial charge in [-0.25, -0.2) is 10.8 Å². The molecule has 0 aliphatic carbocycles. The maximum absolute atomic E-state index is 11.9. The summed E-state index contributed by atoms with van der Waals surface area (Å²) in [6.45, 7) is 3.79. The predicted molar refractivity (Wildman–Crippen MR) is 72.1 cm³/mol. The lowest BCUT2D eigenvalue weighted by molar-refractivity contribution is -0.148. The fourth-order valence-corrected chi connectivity index (χ4v) is 2.38. The van der Waals surface area contributed by atoms with Crippen molar-refractivity contribution >= 4 is 11.8 Å². The zero-order valence-electron chi connectivity index (χ0n) is 11.1. The highest BCUT2D eigenvalue weighted by Crippen LogP contribution is 2.21. The number of hydrogen-bond acceptors (Lipinski definition) is 6. The first kappa shape index (κ1) is 13.8. The van der Waals surface area contributed by atoms with Gasteiger partial charge in [0.25, 0.3) is 0 Å². The number of hydrazine groups is 1. The van der Waals surface area contributed by atoms with Crippen LogP contribution in [-0.4, -0.2) is 35.0 Å². The number of rotatable bonds is 5. The van der Waals surface area contributed by atoms with E-state index in [4.69, 9.17) is 10.6 Å². The standard InChI is InChI=1S/C13H20N4O2/c1-2-19-13(18)11-6-4-8-17(11)9-10-5-3-7-12(15-10)16-14/h3,5,7,11H,2,4,6,8-9,14H2,1H3,(H,15,16). The molecule has 0 saturated carbocycles. The lowest BCUT2D eigenvalue weighted by atomic mass is 10.2. The number of carbonyl (C=O) groups is 1. The number of nitrogen functional groups attached to an aromatic ring is 1. The van der Waals surface area contributed by atoms with Crippen LogP contribution in [0, 0.1) is 0 Å². The molecule has 2 heterocycles. The summed E-state index contributed by atoms with van der Waals surface area (Å²) in [5.74, 6) is 5.84. The van der Waals surface area contributed by atoms with Crippen molar-refractivity contribution in [1.29, 1.82) is 0 Å². The third-order valence-corrected chi connectivity index (χ3v) is 3.24. The van der Waals surface area contributed by atoms with Crippen LogP contribution in [0.5, 0.6) is 0 Å². The molecule has 0 spiro atoms. The molecule has 1 aliphatic rings. The number of pyridine rings is 1. The van der Waals surface area contributed by atoms with Gasteiger partial charge in [-0.3, -0.25) is 9.69 Å². The van der Waals surface area contributed by atoms with E-state index < -0.39 is 0 Å². The number of esters is 1. The molecule has 1 atom stereocenters. The number of carbonyl (C=O) groups excluding carboxylic acids is 1. The average molecular weight is 264 g/mol. The molecule has 2 rings (SSSR count).